The van der Waals surface area contributed by atoms with Crippen LogP contribution in [0.3, 0.4) is 0 Å². The van der Waals surface area contributed by atoms with Gasteiger partial charge < -0.3 is 24.7 Å². The highest BCUT2D eigenvalue weighted by molar-refractivity contribution is 7.46. The first kappa shape index (κ1) is 41.3. The van der Waals surface area contributed by atoms with Crippen molar-refractivity contribution in [2.45, 2.75) is 50.5 Å². The molecule has 0 radical (unpaired) electrons. The third-order valence-corrected chi connectivity index (χ3v) is 10.8. The maximum Gasteiger partial charge on any atom is 0.469 e. The van der Waals surface area contributed by atoms with Crippen LogP contribution in [-0.2, 0) is 27.2 Å². The monoisotopic (exact) mass is 839 g/mol. The lowest BCUT2D eigenvalue weighted by molar-refractivity contribution is -0.207. The van der Waals surface area contributed by atoms with Gasteiger partial charge in [0.05, 0.1) is 30.6 Å². The Bertz CT molecular complexity index is 2480. The number of hydrogen-bond acceptors (Lipinski definition) is 12. The minimum Gasteiger partial charge on any atom is -0.377 e. The van der Waals surface area contributed by atoms with Crippen molar-refractivity contribution >= 4 is 19.2 Å². The Morgan fingerprint density at radius 1 is 0.881 bits per heavy atom. The third kappa shape index (κ3) is 8.51. The second-order valence-corrected chi connectivity index (χ2v) is 15.1. The largest absolute Gasteiger partial charge is 0.469 e. The highest BCUT2D eigenvalue weighted by Gasteiger charge is 2.58. The fourth-order valence-electron chi connectivity index (χ4n) is 7.11. The van der Waals surface area contributed by atoms with Crippen LogP contribution in [0.1, 0.15) is 37.6 Å². The van der Waals surface area contributed by atoms with Gasteiger partial charge in [0.15, 0.2) is 5.60 Å². The topological polar surface area (TPSA) is 203 Å². The van der Waals surface area contributed by atoms with Gasteiger partial charge in [-0.25, -0.2) is 37.1 Å². The van der Waals surface area contributed by atoms with E-state index in [2.05, 4.69) is 40.4 Å². The SMILES string of the molecule is CCC(C(C)OP(=O)(O)O)n1ncn(-c2ccc(N3CCN(c4ccc(-c5ccc(C(F)(F)C(O)(Cn6cnnn6)c6ccc(F)cc6F)nc5)cc4)CC3)cn2)c1=O. The Morgan fingerprint density at radius 3 is 2.14 bits per heavy atom. The summed E-state index contributed by atoms with van der Waals surface area (Å²) in [5, 5.41) is 25.9. The Morgan fingerprint density at radius 2 is 1.56 bits per heavy atom. The zero-order chi connectivity index (χ0) is 42.1. The molecule has 0 aliphatic carbocycles. The van der Waals surface area contributed by atoms with Crippen LogP contribution in [0.2, 0.25) is 0 Å². The highest BCUT2D eigenvalue weighted by atomic mass is 31.2. The average Bonchev–Trinajstić information content (AvgIpc) is 3.87. The van der Waals surface area contributed by atoms with Gasteiger partial charge in [0, 0.05) is 55.3 Å². The molecule has 22 heteroatoms. The maximum atomic E-state index is 16.2. The summed E-state index contributed by atoms with van der Waals surface area (Å²) in [5.74, 6) is -6.24. The Hall–Kier alpha value is -5.86. The van der Waals surface area contributed by atoms with Crippen LogP contribution < -0.4 is 15.5 Å². The number of phosphoric acid groups is 1. The van der Waals surface area contributed by atoms with Gasteiger partial charge in [0.25, 0.3) is 0 Å². The number of piperazine rings is 1. The summed E-state index contributed by atoms with van der Waals surface area (Å²) in [5.41, 5.74) is -2.51. The lowest BCUT2D eigenvalue weighted by Gasteiger charge is -2.37. The molecule has 3 atom stereocenters. The van der Waals surface area contributed by atoms with Gasteiger partial charge in [-0.05, 0) is 71.8 Å². The van der Waals surface area contributed by atoms with E-state index in [1.807, 2.05) is 30.3 Å². The van der Waals surface area contributed by atoms with E-state index in [9.17, 15) is 33.0 Å². The molecule has 0 spiro atoms. The lowest BCUT2D eigenvalue weighted by Crippen LogP contribution is -2.48. The Balaban J connectivity index is 0.989. The quantitative estimate of drug-likeness (QED) is 0.104. The number of hydrogen-bond donors (Lipinski definition) is 3. The van der Waals surface area contributed by atoms with Crippen LogP contribution in [0, 0.1) is 11.6 Å². The molecule has 1 aliphatic rings. The van der Waals surface area contributed by atoms with Crippen molar-refractivity contribution in [3.63, 3.8) is 0 Å². The van der Waals surface area contributed by atoms with Gasteiger partial charge in [0.2, 0.25) is 0 Å². The van der Waals surface area contributed by atoms with E-state index in [0.717, 1.165) is 45.3 Å². The molecule has 3 unspecified atom stereocenters. The number of tetrazole rings is 1. The zero-order valence-electron chi connectivity index (χ0n) is 31.5. The summed E-state index contributed by atoms with van der Waals surface area (Å²) in [6.07, 6.45) is 4.52. The molecule has 7 rings (SSSR count). The Kier molecular flexibility index (Phi) is 11.5. The minimum absolute atomic E-state index is 0.323. The number of anilines is 2. The van der Waals surface area contributed by atoms with E-state index >= 15 is 8.78 Å². The van der Waals surface area contributed by atoms with Crippen LogP contribution in [0.4, 0.5) is 28.9 Å². The number of halogens is 4. The molecule has 4 aromatic heterocycles. The smallest absolute Gasteiger partial charge is 0.377 e. The molecule has 1 aliphatic heterocycles. The molecule has 2 aromatic carbocycles. The van der Waals surface area contributed by atoms with Crippen molar-refractivity contribution < 1.29 is 41.5 Å². The van der Waals surface area contributed by atoms with Crippen molar-refractivity contribution in [1.82, 2.24) is 44.5 Å². The molecular formula is C37H38F4N11O6P. The van der Waals surface area contributed by atoms with E-state index in [4.69, 9.17) is 4.52 Å². The summed E-state index contributed by atoms with van der Waals surface area (Å²) in [7, 11) is -4.77. The van der Waals surface area contributed by atoms with Gasteiger partial charge in [0.1, 0.15) is 35.8 Å². The number of aliphatic hydroxyl groups is 1. The van der Waals surface area contributed by atoms with E-state index in [-0.39, 0.29) is 0 Å². The summed E-state index contributed by atoms with van der Waals surface area (Å²) in [4.78, 5) is 44.4. The van der Waals surface area contributed by atoms with E-state index in [1.54, 1.807) is 19.2 Å². The number of nitrogens with zero attached hydrogens (tertiary/aromatic N) is 11. The predicted molar refractivity (Wildman–Crippen MR) is 204 cm³/mol. The van der Waals surface area contributed by atoms with Crippen molar-refractivity contribution in [3.8, 4) is 16.9 Å². The normalized spacial score (nSPS) is 15.9. The van der Waals surface area contributed by atoms with Crippen molar-refractivity contribution in [2.75, 3.05) is 36.0 Å². The number of phosphoric ester groups is 1. The number of aromatic nitrogens is 9. The molecule has 1 fully saturated rings. The molecule has 310 valence electrons. The van der Waals surface area contributed by atoms with Crippen LogP contribution in [0.25, 0.3) is 16.9 Å². The van der Waals surface area contributed by atoms with Gasteiger partial charge in [-0.15, -0.1) is 5.10 Å². The summed E-state index contributed by atoms with van der Waals surface area (Å²) < 4.78 is 80.3. The summed E-state index contributed by atoms with van der Waals surface area (Å²) >= 11 is 0. The molecule has 59 heavy (non-hydrogen) atoms. The van der Waals surface area contributed by atoms with E-state index in [0.29, 0.717) is 55.6 Å². The van der Waals surface area contributed by atoms with Crippen molar-refractivity contribution in [3.05, 3.63) is 125 Å². The van der Waals surface area contributed by atoms with E-state index in [1.165, 1.54) is 30.1 Å². The molecular weight excluding hydrogens is 801 g/mol. The standard InChI is InChI=1S/C37H38F4N11O6P/c1-3-32(24(2)58-59(55,56)57)52-35(53)51(23-45-52)34-13-10-29(20-43-34)49-16-14-48(15-17-49)28-8-4-25(5-9-28)26-6-12-33(42-19-26)37(40,41)36(54,21-50-22-44-46-47-50)30-11-7-27(38)18-31(30)39/h4-13,18-20,22-24,32,54H,3,14-17,21H2,1-2H3,(H2,55,56,57). The van der Waals surface area contributed by atoms with Crippen LogP contribution in [0.15, 0.2) is 96.6 Å². The molecule has 6 aromatic rings. The molecule has 0 bridgehead atoms. The zero-order valence-corrected chi connectivity index (χ0v) is 32.4. The molecule has 17 nitrogen and oxygen atoms in total. The molecule has 1 saturated heterocycles. The Labute approximate surface area is 333 Å². The highest BCUT2D eigenvalue weighted by Crippen LogP contribution is 2.47. The van der Waals surface area contributed by atoms with Crippen molar-refractivity contribution in [1.29, 1.82) is 0 Å². The first-order valence-electron chi connectivity index (χ1n) is 18.3. The van der Waals surface area contributed by atoms with Crippen LogP contribution in [0.5, 0.6) is 0 Å². The average molecular weight is 840 g/mol. The third-order valence-electron chi connectivity index (χ3n) is 10.2. The minimum atomic E-state index is -4.77. The number of alkyl halides is 2. The molecule has 0 amide bonds. The fourth-order valence-corrected chi connectivity index (χ4v) is 7.69. The molecule has 5 heterocycles. The van der Waals surface area contributed by atoms with Crippen molar-refractivity contribution in [2.24, 2.45) is 0 Å². The second kappa shape index (κ2) is 16.4. The van der Waals surface area contributed by atoms with Gasteiger partial charge in [-0.3, -0.25) is 9.51 Å². The maximum absolute atomic E-state index is 16.2. The van der Waals surface area contributed by atoms with E-state index < -0.39 is 66.6 Å². The van der Waals surface area contributed by atoms with Crippen LogP contribution >= 0.6 is 7.82 Å². The van der Waals surface area contributed by atoms with Gasteiger partial charge >= 0.3 is 19.4 Å². The summed E-state index contributed by atoms with van der Waals surface area (Å²) in [6.45, 7) is 4.93. The van der Waals surface area contributed by atoms with Crippen LogP contribution in [-0.4, -0.2) is 91.7 Å². The number of pyridine rings is 2. The fraction of sp³-hybridized carbons (Fsp3) is 0.324. The molecule has 0 saturated carbocycles. The second-order valence-electron chi connectivity index (χ2n) is 13.9. The van der Waals surface area contributed by atoms with Gasteiger partial charge in [-0.2, -0.15) is 13.9 Å². The predicted octanol–water partition coefficient (Wildman–Crippen LogP) is 4.21. The lowest BCUT2D eigenvalue weighted by atomic mass is 9.84. The van der Waals surface area contributed by atoms with Gasteiger partial charge in [-0.1, -0.05) is 25.1 Å². The summed E-state index contributed by atoms with van der Waals surface area (Å²) in [6, 6.07) is 14.7. The number of benzene rings is 2. The first-order valence-corrected chi connectivity index (χ1v) is 19.8. The first-order chi connectivity index (χ1) is 28.1. The number of rotatable bonds is 14. The molecule has 3 N–H and O–H groups in total.